The maximum Gasteiger partial charge on any atom is 0.408 e. The second kappa shape index (κ2) is 9.18. The van der Waals surface area contributed by atoms with Gasteiger partial charge in [0.2, 0.25) is 0 Å². The van der Waals surface area contributed by atoms with E-state index in [-0.39, 0.29) is 6.61 Å². The Labute approximate surface area is 137 Å². The fraction of sp³-hybridized carbons (Fsp3) is 0.556. The number of hydrogen-bond acceptors (Lipinski definition) is 4. The topological polar surface area (TPSA) is 64.6 Å². The summed E-state index contributed by atoms with van der Waals surface area (Å²) in [5.41, 5.74) is 0.907. The zero-order valence-corrected chi connectivity index (χ0v) is 13.6. The van der Waals surface area contributed by atoms with Crippen molar-refractivity contribution in [1.29, 1.82) is 0 Å². The van der Waals surface area contributed by atoms with Crippen LogP contribution in [-0.4, -0.2) is 25.2 Å². The molecule has 0 unspecified atom stereocenters. The number of amides is 1. The molecule has 1 saturated carbocycles. The lowest BCUT2D eigenvalue weighted by atomic mass is 9.85. The normalized spacial score (nSPS) is 16.4. The molecule has 1 aromatic carbocycles. The number of rotatable bonds is 6. The summed E-state index contributed by atoms with van der Waals surface area (Å²) in [6.07, 6.45) is 5.88. The molecule has 1 aromatic rings. The average Bonchev–Trinajstić information content (AvgIpc) is 2.60. The van der Waals surface area contributed by atoms with Crippen molar-refractivity contribution in [3.8, 4) is 0 Å². The van der Waals surface area contributed by atoms with Crippen molar-refractivity contribution < 1.29 is 19.1 Å². The zero-order chi connectivity index (χ0) is 16.5. The first-order chi connectivity index (χ1) is 11.2. The van der Waals surface area contributed by atoms with Gasteiger partial charge < -0.3 is 14.8 Å². The zero-order valence-electron chi connectivity index (χ0n) is 13.6. The van der Waals surface area contributed by atoms with Gasteiger partial charge in [-0.2, -0.15) is 0 Å². The Hall–Kier alpha value is -2.04. The van der Waals surface area contributed by atoms with Crippen LogP contribution in [0.2, 0.25) is 0 Å². The first kappa shape index (κ1) is 17.3. The van der Waals surface area contributed by atoms with Crippen molar-refractivity contribution in [1.82, 2.24) is 5.32 Å². The van der Waals surface area contributed by atoms with Crippen LogP contribution in [0, 0.1) is 5.92 Å². The van der Waals surface area contributed by atoms with Crippen LogP contribution in [0.15, 0.2) is 30.3 Å². The Balaban J connectivity index is 1.83. The molecule has 126 valence electrons. The third-order valence-corrected chi connectivity index (χ3v) is 4.28. The molecular weight excluding hydrogens is 294 g/mol. The quantitative estimate of drug-likeness (QED) is 0.816. The number of hydrogen-bond donors (Lipinski definition) is 1. The lowest BCUT2D eigenvalue weighted by molar-refractivity contribution is -0.143. The van der Waals surface area contributed by atoms with Gasteiger partial charge in [0, 0.05) is 0 Å². The van der Waals surface area contributed by atoms with Gasteiger partial charge in [0.15, 0.2) is 0 Å². The van der Waals surface area contributed by atoms with Crippen molar-refractivity contribution in [2.24, 2.45) is 5.92 Å². The molecule has 1 N–H and O–H groups in total. The number of carbonyl (C=O) groups excluding carboxylic acids is 2. The lowest BCUT2D eigenvalue weighted by Gasteiger charge is -2.25. The second-order valence-electron chi connectivity index (χ2n) is 6.02. The molecule has 5 heteroatoms. The van der Waals surface area contributed by atoms with E-state index in [0.29, 0.717) is 12.3 Å². The Morgan fingerprint density at radius 1 is 1.17 bits per heavy atom. The molecular formula is C18H25NO4. The molecule has 1 aliphatic carbocycles. The summed E-state index contributed by atoms with van der Waals surface area (Å²) >= 11 is 0. The van der Waals surface area contributed by atoms with Crippen LogP contribution in [0.25, 0.3) is 0 Å². The molecule has 1 fully saturated rings. The van der Waals surface area contributed by atoms with E-state index in [9.17, 15) is 9.59 Å². The summed E-state index contributed by atoms with van der Waals surface area (Å²) in [5, 5.41) is 2.65. The largest absolute Gasteiger partial charge is 0.467 e. The first-order valence-corrected chi connectivity index (χ1v) is 8.24. The molecule has 0 spiro atoms. The number of alkyl carbamates (subject to hydrolysis) is 1. The fourth-order valence-electron chi connectivity index (χ4n) is 3.02. The van der Waals surface area contributed by atoms with Gasteiger partial charge in [-0.05, 0) is 17.9 Å². The highest BCUT2D eigenvalue weighted by atomic mass is 16.6. The monoisotopic (exact) mass is 319 g/mol. The van der Waals surface area contributed by atoms with Gasteiger partial charge in [-0.15, -0.1) is 0 Å². The molecule has 0 radical (unpaired) electrons. The van der Waals surface area contributed by atoms with Crippen LogP contribution >= 0.6 is 0 Å². The van der Waals surface area contributed by atoms with E-state index in [2.05, 4.69) is 5.32 Å². The maximum atomic E-state index is 11.9. The van der Waals surface area contributed by atoms with Gasteiger partial charge in [-0.1, -0.05) is 62.4 Å². The number of nitrogens with one attached hydrogen (secondary N) is 1. The summed E-state index contributed by atoms with van der Waals surface area (Å²) in [6.45, 7) is 0.185. The van der Waals surface area contributed by atoms with Crippen LogP contribution in [0.1, 0.15) is 44.1 Å². The first-order valence-electron chi connectivity index (χ1n) is 8.24. The van der Waals surface area contributed by atoms with Gasteiger partial charge >= 0.3 is 12.1 Å². The van der Waals surface area contributed by atoms with Crippen LogP contribution in [-0.2, 0) is 20.9 Å². The van der Waals surface area contributed by atoms with E-state index in [0.717, 1.165) is 18.4 Å². The SMILES string of the molecule is COC(=O)[C@@H](CC1CCCCC1)NC(=O)OCc1ccccc1. The van der Waals surface area contributed by atoms with E-state index < -0.39 is 18.1 Å². The van der Waals surface area contributed by atoms with Gasteiger partial charge in [-0.3, -0.25) is 0 Å². The molecule has 2 rings (SSSR count). The summed E-state index contributed by atoms with van der Waals surface area (Å²) in [5.74, 6) is 0.0505. The number of benzene rings is 1. The van der Waals surface area contributed by atoms with Gasteiger partial charge in [0.05, 0.1) is 7.11 Å². The summed E-state index contributed by atoms with van der Waals surface area (Å²) in [4.78, 5) is 23.9. The van der Waals surface area contributed by atoms with E-state index in [4.69, 9.17) is 9.47 Å². The fourth-order valence-corrected chi connectivity index (χ4v) is 3.02. The second-order valence-corrected chi connectivity index (χ2v) is 6.02. The van der Waals surface area contributed by atoms with Gasteiger partial charge in [0.1, 0.15) is 12.6 Å². The predicted octanol–water partition coefficient (Wildman–Crippen LogP) is 3.42. The number of ether oxygens (including phenoxy) is 2. The summed E-state index contributed by atoms with van der Waals surface area (Å²) in [6, 6.07) is 8.81. The number of carbonyl (C=O) groups is 2. The molecule has 0 bridgehead atoms. The Morgan fingerprint density at radius 2 is 1.87 bits per heavy atom. The summed E-state index contributed by atoms with van der Waals surface area (Å²) < 4.78 is 9.99. The molecule has 1 amide bonds. The van der Waals surface area contributed by atoms with Crippen molar-refractivity contribution in [2.45, 2.75) is 51.2 Å². The molecule has 0 heterocycles. The molecule has 0 saturated heterocycles. The molecule has 1 atom stereocenters. The minimum absolute atomic E-state index is 0.185. The predicted molar refractivity (Wildman–Crippen MR) is 86.8 cm³/mol. The molecule has 23 heavy (non-hydrogen) atoms. The maximum absolute atomic E-state index is 11.9. The lowest BCUT2D eigenvalue weighted by Crippen LogP contribution is -2.43. The Bertz CT molecular complexity index is 497. The minimum Gasteiger partial charge on any atom is -0.467 e. The highest BCUT2D eigenvalue weighted by Crippen LogP contribution is 2.27. The van der Waals surface area contributed by atoms with Crippen molar-refractivity contribution in [3.05, 3.63) is 35.9 Å². The van der Waals surface area contributed by atoms with E-state index in [1.165, 1.54) is 26.4 Å². The standard InChI is InChI=1S/C18H25NO4/c1-22-17(20)16(12-14-8-4-2-5-9-14)19-18(21)23-13-15-10-6-3-7-11-15/h3,6-7,10-11,14,16H,2,4-5,8-9,12-13H2,1H3,(H,19,21)/t16-/m1/s1. The Morgan fingerprint density at radius 3 is 2.52 bits per heavy atom. The average molecular weight is 319 g/mol. The van der Waals surface area contributed by atoms with Crippen LogP contribution in [0.3, 0.4) is 0 Å². The Kier molecular flexibility index (Phi) is 6.91. The van der Waals surface area contributed by atoms with E-state index >= 15 is 0 Å². The minimum atomic E-state index is -0.633. The molecule has 1 aliphatic rings. The van der Waals surface area contributed by atoms with Crippen LogP contribution in [0.4, 0.5) is 4.79 Å². The third kappa shape index (κ3) is 5.93. The van der Waals surface area contributed by atoms with Gasteiger partial charge in [-0.25, -0.2) is 9.59 Å². The van der Waals surface area contributed by atoms with E-state index in [1.54, 1.807) is 0 Å². The molecule has 0 aromatic heterocycles. The van der Waals surface area contributed by atoms with Gasteiger partial charge in [0.25, 0.3) is 0 Å². The summed E-state index contributed by atoms with van der Waals surface area (Å²) in [7, 11) is 1.34. The van der Waals surface area contributed by atoms with Crippen LogP contribution < -0.4 is 5.32 Å². The van der Waals surface area contributed by atoms with Crippen molar-refractivity contribution in [3.63, 3.8) is 0 Å². The molecule has 5 nitrogen and oxygen atoms in total. The number of methoxy groups -OCH3 is 1. The smallest absolute Gasteiger partial charge is 0.408 e. The van der Waals surface area contributed by atoms with Crippen molar-refractivity contribution >= 4 is 12.1 Å². The highest BCUT2D eigenvalue weighted by molar-refractivity contribution is 5.81. The highest BCUT2D eigenvalue weighted by Gasteiger charge is 2.27. The van der Waals surface area contributed by atoms with Crippen molar-refractivity contribution in [2.75, 3.05) is 7.11 Å². The van der Waals surface area contributed by atoms with E-state index in [1.807, 2.05) is 30.3 Å². The number of esters is 1. The molecule has 0 aliphatic heterocycles. The van der Waals surface area contributed by atoms with Crippen LogP contribution in [0.5, 0.6) is 0 Å². The third-order valence-electron chi connectivity index (χ3n) is 4.28.